The van der Waals surface area contributed by atoms with Crippen molar-refractivity contribution in [2.24, 2.45) is 5.10 Å². The van der Waals surface area contributed by atoms with E-state index >= 15 is 0 Å². The van der Waals surface area contributed by atoms with Gasteiger partial charge in [-0.2, -0.15) is 5.10 Å². The van der Waals surface area contributed by atoms with Gasteiger partial charge in [0.05, 0.1) is 30.9 Å². The third kappa shape index (κ3) is 4.02. The lowest BCUT2D eigenvalue weighted by atomic mass is 10.1. The number of amides is 1. The highest BCUT2D eigenvalue weighted by Gasteiger charge is 2.19. The lowest BCUT2D eigenvalue weighted by molar-refractivity contribution is -0.385. The first-order valence-electron chi connectivity index (χ1n) is 6.99. The summed E-state index contributed by atoms with van der Waals surface area (Å²) >= 11 is 0. The highest BCUT2D eigenvalue weighted by atomic mass is 16.6. The second-order valence-electron chi connectivity index (χ2n) is 4.74. The number of nitrogens with one attached hydrogen (secondary N) is 1. The van der Waals surface area contributed by atoms with E-state index < -0.39 is 10.8 Å². The second-order valence-corrected chi connectivity index (χ2v) is 4.74. The van der Waals surface area contributed by atoms with Crippen molar-refractivity contribution in [1.29, 1.82) is 0 Å². The molecule has 2 rings (SSSR count). The average molecular weight is 345 g/mol. The molecule has 0 aliphatic carbocycles. The average Bonchev–Trinajstić information content (AvgIpc) is 2.61. The number of phenols is 1. The number of hydrogen-bond donors (Lipinski definition) is 2. The summed E-state index contributed by atoms with van der Waals surface area (Å²) in [6, 6.07) is 8.54. The van der Waals surface area contributed by atoms with E-state index in [1.807, 2.05) is 0 Å². The Morgan fingerprint density at radius 3 is 2.52 bits per heavy atom. The van der Waals surface area contributed by atoms with E-state index in [1.54, 1.807) is 12.1 Å². The van der Waals surface area contributed by atoms with Crippen molar-refractivity contribution in [3.63, 3.8) is 0 Å². The summed E-state index contributed by atoms with van der Waals surface area (Å²) in [7, 11) is 2.70. The van der Waals surface area contributed by atoms with Gasteiger partial charge < -0.3 is 14.6 Å². The number of benzene rings is 2. The molecule has 1 amide bonds. The van der Waals surface area contributed by atoms with Crippen molar-refractivity contribution >= 4 is 17.8 Å². The molecule has 2 aromatic rings. The molecular weight excluding hydrogens is 330 g/mol. The van der Waals surface area contributed by atoms with Crippen LogP contribution in [-0.4, -0.2) is 36.4 Å². The molecule has 0 fully saturated rings. The van der Waals surface area contributed by atoms with Crippen molar-refractivity contribution in [2.45, 2.75) is 0 Å². The highest BCUT2D eigenvalue weighted by molar-refractivity contribution is 5.97. The van der Waals surface area contributed by atoms with Gasteiger partial charge in [-0.25, -0.2) is 5.43 Å². The zero-order valence-electron chi connectivity index (χ0n) is 13.4. The third-order valence-corrected chi connectivity index (χ3v) is 3.25. The molecule has 0 spiro atoms. The van der Waals surface area contributed by atoms with Crippen molar-refractivity contribution in [3.8, 4) is 17.2 Å². The van der Waals surface area contributed by atoms with E-state index in [4.69, 9.17) is 9.47 Å². The fraction of sp³-hybridized carbons (Fsp3) is 0.125. The van der Waals surface area contributed by atoms with Gasteiger partial charge >= 0.3 is 5.69 Å². The summed E-state index contributed by atoms with van der Waals surface area (Å²) in [5.41, 5.74) is 2.28. The molecule has 9 heteroatoms. The second kappa shape index (κ2) is 7.77. The molecule has 2 N–H and O–H groups in total. The molecule has 25 heavy (non-hydrogen) atoms. The topological polar surface area (TPSA) is 123 Å². The predicted molar refractivity (Wildman–Crippen MR) is 89.4 cm³/mol. The predicted octanol–water partition coefficient (Wildman–Crippen LogP) is 2.08. The quantitative estimate of drug-likeness (QED) is 0.469. The van der Waals surface area contributed by atoms with Crippen LogP contribution in [-0.2, 0) is 0 Å². The number of nitro benzene ring substituents is 1. The number of carbonyl (C=O) groups excluding carboxylic acids is 1. The third-order valence-electron chi connectivity index (χ3n) is 3.25. The van der Waals surface area contributed by atoms with E-state index in [1.165, 1.54) is 44.7 Å². The SMILES string of the molecule is COc1cc(OC)c([N+](=O)[O-])cc1/C=N/NC(=O)c1ccccc1O. The van der Waals surface area contributed by atoms with E-state index in [-0.39, 0.29) is 34.1 Å². The number of rotatable bonds is 6. The summed E-state index contributed by atoms with van der Waals surface area (Å²) in [5.74, 6) is -0.496. The van der Waals surface area contributed by atoms with Gasteiger partial charge in [0.15, 0.2) is 0 Å². The number of methoxy groups -OCH3 is 2. The Hall–Kier alpha value is -3.62. The number of carbonyl (C=O) groups is 1. The highest BCUT2D eigenvalue weighted by Crippen LogP contribution is 2.33. The minimum atomic E-state index is -0.628. The molecule has 0 atom stereocenters. The molecule has 0 radical (unpaired) electrons. The molecule has 0 heterocycles. The largest absolute Gasteiger partial charge is 0.507 e. The molecule has 0 aliphatic heterocycles. The summed E-state index contributed by atoms with van der Waals surface area (Å²) in [4.78, 5) is 22.4. The van der Waals surface area contributed by atoms with Gasteiger partial charge in [-0.15, -0.1) is 0 Å². The van der Waals surface area contributed by atoms with Crippen molar-refractivity contribution < 1.29 is 24.3 Å². The Morgan fingerprint density at radius 1 is 1.24 bits per heavy atom. The maximum Gasteiger partial charge on any atom is 0.311 e. The first-order chi connectivity index (χ1) is 12.0. The van der Waals surface area contributed by atoms with Crippen molar-refractivity contribution in [2.75, 3.05) is 14.2 Å². The zero-order valence-corrected chi connectivity index (χ0v) is 13.4. The van der Waals surface area contributed by atoms with Crippen molar-refractivity contribution in [1.82, 2.24) is 5.43 Å². The van der Waals surface area contributed by atoms with Crippen molar-refractivity contribution in [3.05, 3.63) is 57.6 Å². The van der Waals surface area contributed by atoms with Crippen LogP contribution in [0, 0.1) is 10.1 Å². The summed E-state index contributed by atoms with van der Waals surface area (Å²) < 4.78 is 10.1. The van der Waals surface area contributed by atoms with Gasteiger partial charge in [-0.1, -0.05) is 12.1 Å². The Balaban J connectivity index is 2.25. The minimum absolute atomic E-state index is 0.0391. The van der Waals surface area contributed by atoms with E-state index in [0.29, 0.717) is 0 Å². The summed E-state index contributed by atoms with van der Waals surface area (Å²) in [6.07, 6.45) is 1.20. The molecule has 9 nitrogen and oxygen atoms in total. The minimum Gasteiger partial charge on any atom is -0.507 e. The first-order valence-corrected chi connectivity index (χ1v) is 6.99. The number of nitrogens with zero attached hydrogens (tertiary/aromatic N) is 2. The summed E-state index contributed by atoms with van der Waals surface area (Å²) in [6.45, 7) is 0. The van der Waals surface area contributed by atoms with Crippen LogP contribution < -0.4 is 14.9 Å². The standard InChI is InChI=1S/C16H15N3O6/c1-24-14-8-15(25-2)12(19(22)23)7-10(14)9-17-18-16(21)11-5-3-4-6-13(11)20/h3-9,20H,1-2H3,(H,18,21)/b17-9+. The van der Waals surface area contributed by atoms with Crippen LogP contribution in [0.2, 0.25) is 0 Å². The van der Waals surface area contributed by atoms with Crippen LogP contribution in [0.25, 0.3) is 0 Å². The number of phenolic OH excluding ortho intramolecular Hbond substituents is 1. The van der Waals surface area contributed by atoms with E-state index in [0.717, 1.165) is 0 Å². The maximum absolute atomic E-state index is 11.9. The molecule has 0 aromatic heterocycles. The van der Waals surface area contributed by atoms with Crippen LogP contribution in [0.3, 0.4) is 0 Å². The molecule has 0 aliphatic rings. The Labute approximate surface area is 142 Å². The fourth-order valence-corrected chi connectivity index (χ4v) is 2.04. The van der Waals surface area contributed by atoms with E-state index in [2.05, 4.69) is 10.5 Å². The van der Waals surface area contributed by atoms with Crippen LogP contribution in [0.4, 0.5) is 5.69 Å². The fourth-order valence-electron chi connectivity index (χ4n) is 2.04. The monoisotopic (exact) mass is 345 g/mol. The summed E-state index contributed by atoms with van der Waals surface area (Å²) in [5, 5.41) is 24.4. The van der Waals surface area contributed by atoms with Gasteiger partial charge in [0.2, 0.25) is 5.75 Å². The van der Waals surface area contributed by atoms with Gasteiger partial charge in [0, 0.05) is 17.7 Å². The molecule has 0 bridgehead atoms. The van der Waals surface area contributed by atoms with Gasteiger partial charge in [0.25, 0.3) is 5.91 Å². The molecule has 0 saturated carbocycles. The Bertz CT molecular complexity index is 835. The molecule has 0 unspecified atom stereocenters. The Kier molecular flexibility index (Phi) is 5.51. The van der Waals surface area contributed by atoms with Crippen LogP contribution in [0.15, 0.2) is 41.5 Å². The molecule has 130 valence electrons. The van der Waals surface area contributed by atoms with Gasteiger partial charge in [-0.05, 0) is 12.1 Å². The maximum atomic E-state index is 11.9. The first kappa shape index (κ1) is 17.7. The Morgan fingerprint density at radius 2 is 1.92 bits per heavy atom. The number of aromatic hydroxyl groups is 1. The van der Waals surface area contributed by atoms with E-state index in [9.17, 15) is 20.0 Å². The lowest BCUT2D eigenvalue weighted by Crippen LogP contribution is -2.17. The van der Waals surface area contributed by atoms with Crippen LogP contribution in [0.5, 0.6) is 17.2 Å². The number of ether oxygens (including phenoxy) is 2. The normalized spacial score (nSPS) is 10.5. The van der Waals surface area contributed by atoms with Gasteiger partial charge in [-0.3, -0.25) is 14.9 Å². The number of para-hydroxylation sites is 1. The van der Waals surface area contributed by atoms with Gasteiger partial charge in [0.1, 0.15) is 11.5 Å². The number of nitro groups is 1. The molecule has 0 saturated heterocycles. The molecule has 2 aromatic carbocycles. The number of hydrogen-bond acceptors (Lipinski definition) is 7. The molecular formula is C16H15N3O6. The number of hydrazone groups is 1. The van der Waals surface area contributed by atoms with Crippen LogP contribution >= 0.6 is 0 Å². The lowest BCUT2D eigenvalue weighted by Gasteiger charge is -2.08. The zero-order chi connectivity index (χ0) is 18.4. The smallest absolute Gasteiger partial charge is 0.311 e. The van der Waals surface area contributed by atoms with Crippen LogP contribution in [0.1, 0.15) is 15.9 Å².